The second-order valence-corrected chi connectivity index (χ2v) is 3.85. The molecule has 2 aromatic heterocycles. The number of pyridine rings is 1. The molecule has 0 bridgehead atoms. The highest BCUT2D eigenvalue weighted by Gasteiger charge is 2.02. The Hall–Kier alpha value is -1.49. The summed E-state index contributed by atoms with van der Waals surface area (Å²) in [6.07, 6.45) is 4.41. The molecule has 0 aromatic carbocycles. The second-order valence-electron chi connectivity index (χ2n) is 2.79. The van der Waals surface area contributed by atoms with Gasteiger partial charge in [-0.05, 0) is 11.6 Å². The third kappa shape index (κ3) is 2.05. The molecule has 72 valence electrons. The van der Waals surface area contributed by atoms with Crippen LogP contribution in [-0.2, 0) is 6.42 Å². The van der Waals surface area contributed by atoms with Gasteiger partial charge >= 0.3 is 0 Å². The van der Waals surface area contributed by atoms with Crippen LogP contribution in [-0.4, -0.2) is 22.2 Å². The summed E-state index contributed by atoms with van der Waals surface area (Å²) in [6, 6.07) is 3.96. The van der Waals surface area contributed by atoms with E-state index in [0.717, 1.165) is 22.1 Å². The molecule has 14 heavy (non-hydrogen) atoms. The lowest BCUT2D eigenvalue weighted by Gasteiger charge is -1.93. The maximum atomic E-state index is 4.06. The van der Waals surface area contributed by atoms with Gasteiger partial charge in [0, 0.05) is 25.9 Å². The average Bonchev–Trinajstić information content (AvgIpc) is 2.67. The van der Waals surface area contributed by atoms with E-state index in [-0.39, 0.29) is 0 Å². The quantitative estimate of drug-likeness (QED) is 0.828. The van der Waals surface area contributed by atoms with E-state index in [4.69, 9.17) is 0 Å². The van der Waals surface area contributed by atoms with E-state index in [1.54, 1.807) is 17.5 Å². The zero-order chi connectivity index (χ0) is 9.80. The fraction of sp³-hybridized carbons (Fsp3) is 0.222. The highest BCUT2D eigenvalue weighted by atomic mass is 32.1. The Labute approximate surface area is 86.0 Å². The zero-order valence-electron chi connectivity index (χ0n) is 7.77. The highest BCUT2D eigenvalue weighted by Crippen LogP contribution is 2.17. The van der Waals surface area contributed by atoms with Gasteiger partial charge in [0.15, 0.2) is 0 Å². The molecule has 2 aromatic rings. The van der Waals surface area contributed by atoms with Crippen LogP contribution in [0.25, 0.3) is 0 Å². The Kier molecular flexibility index (Phi) is 2.69. The lowest BCUT2D eigenvalue weighted by molar-refractivity contribution is 0.998. The minimum atomic E-state index is 0.799. The Morgan fingerprint density at radius 1 is 1.43 bits per heavy atom. The van der Waals surface area contributed by atoms with Crippen LogP contribution in [0.1, 0.15) is 10.6 Å². The number of anilines is 1. The van der Waals surface area contributed by atoms with Crippen LogP contribution < -0.4 is 5.32 Å². The summed E-state index contributed by atoms with van der Waals surface area (Å²) < 4.78 is 0. The lowest BCUT2D eigenvalue weighted by atomic mass is 10.2. The Balaban J connectivity index is 2.11. The minimum Gasteiger partial charge on any atom is -0.363 e. The smallest absolute Gasteiger partial charge is 0.205 e. The molecule has 0 aliphatic rings. The largest absolute Gasteiger partial charge is 0.363 e. The zero-order valence-corrected chi connectivity index (χ0v) is 8.58. The Morgan fingerprint density at radius 2 is 2.36 bits per heavy atom. The third-order valence-corrected chi connectivity index (χ3v) is 2.70. The van der Waals surface area contributed by atoms with Crippen molar-refractivity contribution in [1.82, 2.24) is 15.2 Å². The van der Waals surface area contributed by atoms with Crippen LogP contribution in [0.2, 0.25) is 0 Å². The van der Waals surface area contributed by atoms with Crippen molar-refractivity contribution >= 4 is 16.5 Å². The first-order valence-electron chi connectivity index (χ1n) is 4.27. The number of nitrogens with one attached hydrogen (secondary N) is 1. The SMILES string of the molecule is CNc1nnc(Cc2cccnc2)s1. The molecule has 5 heteroatoms. The van der Waals surface area contributed by atoms with Crippen molar-refractivity contribution in [1.29, 1.82) is 0 Å². The van der Waals surface area contributed by atoms with Gasteiger partial charge in [-0.25, -0.2) is 0 Å². The molecule has 2 heterocycles. The van der Waals surface area contributed by atoms with E-state index in [0.29, 0.717) is 0 Å². The fourth-order valence-electron chi connectivity index (χ4n) is 1.10. The number of nitrogens with zero attached hydrogens (tertiary/aromatic N) is 3. The first-order chi connectivity index (χ1) is 6.88. The fourth-order valence-corrected chi connectivity index (χ4v) is 1.83. The molecule has 0 radical (unpaired) electrons. The van der Waals surface area contributed by atoms with Crippen molar-refractivity contribution in [2.45, 2.75) is 6.42 Å². The lowest BCUT2D eigenvalue weighted by Crippen LogP contribution is -1.87. The summed E-state index contributed by atoms with van der Waals surface area (Å²) in [4.78, 5) is 4.05. The topological polar surface area (TPSA) is 50.7 Å². The van der Waals surface area contributed by atoms with Crippen molar-refractivity contribution in [3.63, 3.8) is 0 Å². The molecule has 0 spiro atoms. The predicted octanol–water partition coefficient (Wildman–Crippen LogP) is 1.57. The van der Waals surface area contributed by atoms with Gasteiger partial charge in [0.25, 0.3) is 0 Å². The van der Waals surface area contributed by atoms with Crippen LogP contribution in [0.3, 0.4) is 0 Å². The van der Waals surface area contributed by atoms with E-state index in [9.17, 15) is 0 Å². The van der Waals surface area contributed by atoms with Gasteiger partial charge in [0.05, 0.1) is 0 Å². The maximum absolute atomic E-state index is 4.06. The molecule has 0 fully saturated rings. The molecule has 2 rings (SSSR count). The minimum absolute atomic E-state index is 0.799. The first kappa shape index (κ1) is 9.08. The van der Waals surface area contributed by atoms with Gasteiger partial charge in [0.2, 0.25) is 5.13 Å². The standard InChI is InChI=1S/C9H10N4S/c1-10-9-13-12-8(14-9)5-7-3-2-4-11-6-7/h2-4,6H,5H2,1H3,(H,10,13). The van der Waals surface area contributed by atoms with Crippen LogP contribution in [0.15, 0.2) is 24.5 Å². The van der Waals surface area contributed by atoms with Crippen molar-refractivity contribution in [3.05, 3.63) is 35.1 Å². The molecule has 0 aliphatic carbocycles. The molecule has 4 nitrogen and oxygen atoms in total. The summed E-state index contributed by atoms with van der Waals surface area (Å²) in [6.45, 7) is 0. The molecule has 0 saturated heterocycles. The second kappa shape index (κ2) is 4.15. The number of rotatable bonds is 3. The molecular formula is C9H10N4S. The number of hydrogen-bond donors (Lipinski definition) is 1. The van der Waals surface area contributed by atoms with Crippen molar-refractivity contribution in [2.75, 3.05) is 12.4 Å². The average molecular weight is 206 g/mol. The van der Waals surface area contributed by atoms with E-state index in [1.807, 2.05) is 25.4 Å². The Bertz CT molecular complexity index is 398. The summed E-state index contributed by atoms with van der Waals surface area (Å²) >= 11 is 1.57. The van der Waals surface area contributed by atoms with E-state index >= 15 is 0 Å². The van der Waals surface area contributed by atoms with Gasteiger partial charge in [-0.15, -0.1) is 10.2 Å². The third-order valence-electron chi connectivity index (χ3n) is 1.76. The first-order valence-corrected chi connectivity index (χ1v) is 5.09. The van der Waals surface area contributed by atoms with Gasteiger partial charge in [-0.3, -0.25) is 4.98 Å². The molecule has 0 saturated carbocycles. The molecule has 1 N–H and O–H groups in total. The van der Waals surface area contributed by atoms with Gasteiger partial charge in [-0.1, -0.05) is 17.4 Å². The van der Waals surface area contributed by atoms with E-state index < -0.39 is 0 Å². The van der Waals surface area contributed by atoms with Crippen molar-refractivity contribution < 1.29 is 0 Å². The number of aromatic nitrogens is 3. The summed E-state index contributed by atoms with van der Waals surface area (Å²) in [5.41, 5.74) is 1.16. The predicted molar refractivity (Wildman–Crippen MR) is 56.5 cm³/mol. The van der Waals surface area contributed by atoms with Gasteiger partial charge in [-0.2, -0.15) is 0 Å². The van der Waals surface area contributed by atoms with Crippen molar-refractivity contribution in [2.24, 2.45) is 0 Å². The van der Waals surface area contributed by atoms with Gasteiger partial charge in [0.1, 0.15) is 5.01 Å². The van der Waals surface area contributed by atoms with Crippen LogP contribution in [0.5, 0.6) is 0 Å². The summed E-state index contributed by atoms with van der Waals surface area (Å²) in [7, 11) is 1.84. The van der Waals surface area contributed by atoms with E-state index in [2.05, 4.69) is 20.5 Å². The van der Waals surface area contributed by atoms with Crippen LogP contribution in [0, 0.1) is 0 Å². The maximum Gasteiger partial charge on any atom is 0.205 e. The summed E-state index contributed by atoms with van der Waals surface area (Å²) in [5, 5.41) is 12.8. The molecule has 0 atom stereocenters. The summed E-state index contributed by atoms with van der Waals surface area (Å²) in [5.74, 6) is 0. The van der Waals surface area contributed by atoms with Gasteiger partial charge < -0.3 is 5.32 Å². The van der Waals surface area contributed by atoms with Crippen LogP contribution in [0.4, 0.5) is 5.13 Å². The molecule has 0 unspecified atom stereocenters. The Morgan fingerprint density at radius 3 is 3.00 bits per heavy atom. The highest BCUT2D eigenvalue weighted by molar-refractivity contribution is 7.15. The molecule has 0 aliphatic heterocycles. The number of hydrogen-bond acceptors (Lipinski definition) is 5. The molecule has 0 amide bonds. The normalized spacial score (nSPS) is 10.1. The van der Waals surface area contributed by atoms with Crippen LogP contribution >= 0.6 is 11.3 Å². The monoisotopic (exact) mass is 206 g/mol. The molecular weight excluding hydrogens is 196 g/mol. The van der Waals surface area contributed by atoms with Crippen molar-refractivity contribution in [3.8, 4) is 0 Å². The van der Waals surface area contributed by atoms with E-state index in [1.165, 1.54) is 0 Å².